The Hall–Kier alpha value is -4.59. The van der Waals surface area contributed by atoms with E-state index in [1.165, 1.54) is 0 Å². The minimum Gasteiger partial charge on any atom is -0.497 e. The van der Waals surface area contributed by atoms with E-state index >= 15 is 0 Å². The molecule has 0 radical (unpaired) electrons. The standard InChI is InChI=1S/C28H27N5O3/c1-17-9-8-10-19(15-17)26-31-28-29-18(2)24(27(34)30-20-11-6-5-7-12-20)25(33(28)32-26)22-16-21(35-3)13-14-23(22)36-4/h5-16,25H,1-4H3,(H,30,34)(H,29,31,32). The number of methoxy groups -OCH3 is 2. The molecule has 1 aliphatic rings. The van der Waals surface area contributed by atoms with Gasteiger partial charge in [-0.3, -0.25) is 4.79 Å². The van der Waals surface area contributed by atoms with Crippen molar-refractivity contribution in [3.05, 3.63) is 95.2 Å². The summed E-state index contributed by atoms with van der Waals surface area (Å²) in [6.07, 6.45) is 0. The Balaban J connectivity index is 1.67. The molecule has 0 spiro atoms. The van der Waals surface area contributed by atoms with Gasteiger partial charge in [0, 0.05) is 22.5 Å². The molecule has 0 fully saturated rings. The van der Waals surface area contributed by atoms with Crippen LogP contribution in [0.5, 0.6) is 11.5 Å². The second-order valence-corrected chi connectivity index (χ2v) is 8.57. The molecule has 2 N–H and O–H groups in total. The van der Waals surface area contributed by atoms with Crippen molar-refractivity contribution in [3.8, 4) is 22.9 Å². The number of nitrogens with zero attached hydrogens (tertiary/aromatic N) is 3. The number of ether oxygens (including phenoxy) is 2. The van der Waals surface area contributed by atoms with E-state index in [4.69, 9.17) is 19.6 Å². The van der Waals surface area contributed by atoms with E-state index in [1.807, 2.05) is 86.6 Å². The number of benzene rings is 3. The Kier molecular flexibility index (Phi) is 6.16. The number of hydrogen-bond donors (Lipinski definition) is 2. The first-order valence-electron chi connectivity index (χ1n) is 11.6. The third-order valence-electron chi connectivity index (χ3n) is 6.14. The quantitative estimate of drug-likeness (QED) is 0.394. The zero-order valence-corrected chi connectivity index (χ0v) is 20.6. The first-order chi connectivity index (χ1) is 17.5. The highest BCUT2D eigenvalue weighted by molar-refractivity contribution is 6.06. The lowest BCUT2D eigenvalue weighted by molar-refractivity contribution is -0.113. The van der Waals surface area contributed by atoms with Crippen molar-refractivity contribution in [2.45, 2.75) is 19.9 Å². The van der Waals surface area contributed by atoms with Gasteiger partial charge in [-0.2, -0.15) is 4.98 Å². The van der Waals surface area contributed by atoms with Crippen molar-refractivity contribution in [3.63, 3.8) is 0 Å². The SMILES string of the molecule is COc1ccc(OC)c(C2C(C(=O)Nc3ccccc3)=C(C)Nc3nc(-c4cccc(C)c4)nn32)c1. The van der Waals surface area contributed by atoms with E-state index in [-0.39, 0.29) is 5.91 Å². The van der Waals surface area contributed by atoms with E-state index < -0.39 is 6.04 Å². The van der Waals surface area contributed by atoms with Gasteiger partial charge < -0.3 is 20.1 Å². The second kappa shape index (κ2) is 9.58. The normalized spacial score (nSPS) is 14.6. The van der Waals surface area contributed by atoms with Crippen LogP contribution >= 0.6 is 0 Å². The molecule has 36 heavy (non-hydrogen) atoms. The second-order valence-electron chi connectivity index (χ2n) is 8.57. The molecule has 1 amide bonds. The van der Waals surface area contributed by atoms with Gasteiger partial charge in [0.2, 0.25) is 5.95 Å². The number of amides is 1. The first kappa shape index (κ1) is 23.2. The number of nitrogens with one attached hydrogen (secondary N) is 2. The number of aromatic nitrogens is 3. The van der Waals surface area contributed by atoms with Crippen LogP contribution in [0.25, 0.3) is 11.4 Å². The lowest BCUT2D eigenvalue weighted by atomic mass is 9.94. The minimum atomic E-state index is -0.610. The molecule has 0 saturated heterocycles. The van der Waals surface area contributed by atoms with Crippen molar-refractivity contribution in [1.82, 2.24) is 14.8 Å². The fourth-order valence-corrected chi connectivity index (χ4v) is 4.41. The lowest BCUT2D eigenvalue weighted by Gasteiger charge is -2.29. The van der Waals surface area contributed by atoms with Crippen LogP contribution in [0.3, 0.4) is 0 Å². The van der Waals surface area contributed by atoms with Crippen LogP contribution in [-0.4, -0.2) is 34.9 Å². The van der Waals surface area contributed by atoms with Gasteiger partial charge >= 0.3 is 0 Å². The van der Waals surface area contributed by atoms with Crippen molar-refractivity contribution >= 4 is 17.5 Å². The molecule has 3 aromatic carbocycles. The Bertz CT molecular complexity index is 1460. The summed E-state index contributed by atoms with van der Waals surface area (Å²) in [6.45, 7) is 3.89. The molecule has 4 aromatic rings. The number of para-hydroxylation sites is 1. The number of carbonyl (C=O) groups is 1. The maximum atomic E-state index is 13.7. The third-order valence-corrected chi connectivity index (χ3v) is 6.14. The molecule has 1 aliphatic heterocycles. The molecular formula is C28H27N5O3. The molecule has 8 nitrogen and oxygen atoms in total. The van der Waals surface area contributed by atoms with Gasteiger partial charge in [-0.25, -0.2) is 4.68 Å². The predicted octanol–water partition coefficient (Wildman–Crippen LogP) is 5.20. The van der Waals surface area contributed by atoms with E-state index in [2.05, 4.69) is 10.6 Å². The Labute approximate surface area is 209 Å². The molecule has 2 heterocycles. The lowest BCUT2D eigenvalue weighted by Crippen LogP contribution is -2.31. The summed E-state index contributed by atoms with van der Waals surface area (Å²) < 4.78 is 13.0. The largest absolute Gasteiger partial charge is 0.497 e. The van der Waals surface area contributed by atoms with Gasteiger partial charge in [-0.05, 0) is 50.2 Å². The molecular weight excluding hydrogens is 454 g/mol. The topological polar surface area (TPSA) is 90.3 Å². The van der Waals surface area contributed by atoms with E-state index in [9.17, 15) is 4.79 Å². The van der Waals surface area contributed by atoms with Crippen LogP contribution in [-0.2, 0) is 4.79 Å². The molecule has 8 heteroatoms. The minimum absolute atomic E-state index is 0.251. The maximum absolute atomic E-state index is 13.7. The average Bonchev–Trinajstić information content (AvgIpc) is 3.31. The van der Waals surface area contributed by atoms with Gasteiger partial charge in [-0.1, -0.05) is 42.0 Å². The highest BCUT2D eigenvalue weighted by atomic mass is 16.5. The molecule has 5 rings (SSSR count). The highest BCUT2D eigenvalue weighted by Crippen LogP contribution is 2.41. The summed E-state index contributed by atoms with van der Waals surface area (Å²) >= 11 is 0. The first-order valence-corrected chi connectivity index (χ1v) is 11.6. The monoisotopic (exact) mass is 481 g/mol. The third kappa shape index (κ3) is 4.29. The number of aryl methyl sites for hydroxylation is 1. The van der Waals surface area contributed by atoms with Crippen molar-refractivity contribution in [2.75, 3.05) is 24.9 Å². The number of carbonyl (C=O) groups excluding carboxylic acids is 1. The van der Waals surface area contributed by atoms with Crippen molar-refractivity contribution in [2.24, 2.45) is 0 Å². The molecule has 0 bridgehead atoms. The number of fused-ring (bicyclic) bond motifs is 1. The Morgan fingerprint density at radius 2 is 1.78 bits per heavy atom. The van der Waals surface area contributed by atoms with Crippen molar-refractivity contribution in [1.29, 1.82) is 0 Å². The van der Waals surface area contributed by atoms with Crippen molar-refractivity contribution < 1.29 is 14.3 Å². The summed E-state index contributed by atoms with van der Waals surface area (Å²) in [6, 6.07) is 22.3. The highest BCUT2D eigenvalue weighted by Gasteiger charge is 2.36. The van der Waals surface area contributed by atoms with Crippen LogP contribution in [0.4, 0.5) is 11.6 Å². The predicted molar refractivity (Wildman–Crippen MR) is 139 cm³/mol. The summed E-state index contributed by atoms with van der Waals surface area (Å²) in [4.78, 5) is 18.5. The zero-order valence-electron chi connectivity index (χ0n) is 20.6. The maximum Gasteiger partial charge on any atom is 0.255 e. The van der Waals surface area contributed by atoms with Crippen LogP contribution in [0.1, 0.15) is 24.1 Å². The van der Waals surface area contributed by atoms with E-state index in [0.29, 0.717) is 40.2 Å². The number of anilines is 2. The molecule has 1 atom stereocenters. The fraction of sp³-hybridized carbons (Fsp3) is 0.179. The average molecular weight is 482 g/mol. The van der Waals surface area contributed by atoms with Gasteiger partial charge in [0.15, 0.2) is 5.82 Å². The molecule has 0 saturated carbocycles. The van der Waals surface area contributed by atoms with Crippen LogP contribution in [0.2, 0.25) is 0 Å². The zero-order chi connectivity index (χ0) is 25.2. The Morgan fingerprint density at radius 3 is 2.50 bits per heavy atom. The van der Waals surface area contributed by atoms with Crippen LogP contribution in [0.15, 0.2) is 84.1 Å². The number of allylic oxidation sites excluding steroid dienone is 1. The summed E-state index contributed by atoms with van der Waals surface area (Å²) in [5, 5.41) is 11.2. The van der Waals surface area contributed by atoms with E-state index in [0.717, 1.165) is 16.7 Å². The smallest absolute Gasteiger partial charge is 0.255 e. The molecule has 1 aromatic heterocycles. The number of rotatable bonds is 6. The van der Waals surface area contributed by atoms with Crippen LogP contribution in [0, 0.1) is 6.92 Å². The van der Waals surface area contributed by atoms with E-state index in [1.54, 1.807) is 18.9 Å². The van der Waals surface area contributed by atoms with Gasteiger partial charge in [0.25, 0.3) is 5.91 Å². The summed E-state index contributed by atoms with van der Waals surface area (Å²) in [5.74, 6) is 2.10. The fourth-order valence-electron chi connectivity index (χ4n) is 4.41. The number of hydrogen-bond acceptors (Lipinski definition) is 6. The summed E-state index contributed by atoms with van der Waals surface area (Å²) in [5.41, 5.74) is 4.61. The Morgan fingerprint density at radius 1 is 0.972 bits per heavy atom. The summed E-state index contributed by atoms with van der Waals surface area (Å²) in [7, 11) is 3.21. The van der Waals surface area contributed by atoms with Gasteiger partial charge in [0.1, 0.15) is 17.5 Å². The van der Waals surface area contributed by atoms with Crippen LogP contribution < -0.4 is 20.1 Å². The van der Waals surface area contributed by atoms with Gasteiger partial charge in [0.05, 0.1) is 19.8 Å². The molecule has 1 unspecified atom stereocenters. The molecule has 0 aliphatic carbocycles. The van der Waals surface area contributed by atoms with Gasteiger partial charge in [-0.15, -0.1) is 5.10 Å². The molecule has 182 valence electrons.